The fraction of sp³-hybridized carbons (Fsp3) is 0.480. The third-order valence-corrected chi connectivity index (χ3v) is 4.52. The zero-order valence-corrected chi connectivity index (χ0v) is 16.7. The van der Waals surface area contributed by atoms with E-state index in [0.29, 0.717) is 12.8 Å². The number of benzene rings is 2. The number of carbonyl (C=O) groups excluding carboxylic acids is 1. The number of nitrogens with one attached hydrogen (secondary N) is 1. The zero-order valence-electron chi connectivity index (χ0n) is 28.7. The van der Waals surface area contributed by atoms with Crippen molar-refractivity contribution in [2.75, 3.05) is 6.61 Å². The Morgan fingerprint density at radius 3 is 2.37 bits per heavy atom. The Bertz CT molecular complexity index is 1160. The Hall–Kier alpha value is -2.37. The van der Waals surface area contributed by atoms with Crippen LogP contribution in [0.3, 0.4) is 0 Å². The third kappa shape index (κ3) is 6.31. The Kier molecular flexibility index (Phi) is 3.99. The summed E-state index contributed by atoms with van der Waals surface area (Å²) in [5.41, 5.74) is -7.57. The molecule has 5 heteroatoms. The van der Waals surface area contributed by atoms with Crippen molar-refractivity contribution in [1.29, 1.82) is 0 Å². The van der Waals surface area contributed by atoms with Crippen LogP contribution in [0.15, 0.2) is 54.6 Å². The monoisotopic (exact) mass is 425 g/mol. The Labute approximate surface area is 197 Å². The fourth-order valence-corrected chi connectivity index (χ4v) is 2.86. The van der Waals surface area contributed by atoms with Crippen LogP contribution in [0.4, 0.5) is 0 Å². The predicted octanol–water partition coefficient (Wildman–Crippen LogP) is 4.34. The number of ether oxygens (including phenoxy) is 1. The van der Waals surface area contributed by atoms with Crippen LogP contribution in [-0.4, -0.2) is 28.3 Å². The van der Waals surface area contributed by atoms with Gasteiger partial charge in [0, 0.05) is 16.4 Å². The Morgan fingerprint density at radius 2 is 1.80 bits per heavy atom. The van der Waals surface area contributed by atoms with Crippen molar-refractivity contribution in [1.82, 2.24) is 5.32 Å². The van der Waals surface area contributed by atoms with Gasteiger partial charge in [-0.25, -0.2) is 0 Å². The maximum atomic E-state index is 13.5. The average molecular weight is 426 g/mol. The van der Waals surface area contributed by atoms with Gasteiger partial charge in [0.1, 0.15) is 5.75 Å². The van der Waals surface area contributed by atoms with E-state index in [1.807, 2.05) is 12.2 Å². The molecule has 0 fully saturated rings. The molecule has 0 aliphatic carbocycles. The lowest BCUT2D eigenvalue weighted by Crippen LogP contribution is -2.49. The smallest absolute Gasteiger partial charge is 0.256 e. The molecule has 0 saturated heterocycles. The van der Waals surface area contributed by atoms with Crippen LogP contribution < -0.4 is 10.1 Å². The number of hydrogen-bond donors (Lipinski definition) is 3. The number of hydrogen-bond acceptors (Lipinski definition) is 4. The first kappa shape index (κ1) is 11.9. The first-order chi connectivity index (χ1) is 19.0. The van der Waals surface area contributed by atoms with Crippen LogP contribution in [0, 0.1) is 5.92 Å². The first-order valence-electron chi connectivity index (χ1n) is 15.6. The molecule has 0 spiro atoms. The summed E-state index contributed by atoms with van der Waals surface area (Å²) in [5.74, 6) is -2.32. The quantitative estimate of drug-likeness (QED) is 0.529. The molecule has 5 nitrogen and oxygen atoms in total. The fourth-order valence-electron chi connectivity index (χ4n) is 2.86. The SMILES string of the molecule is [2H]C([2H])([2H])[C@@H](CCC)COc1ccc([C@@H](NC(=O)[C@](O)(c2ccccc2)C([2H])([2H])[2H])C(O)(C([2H])([2H])[2H])C([2H])([2H])[2H])cc1. The van der Waals surface area contributed by atoms with Gasteiger partial charge in [-0.15, -0.1) is 0 Å². The van der Waals surface area contributed by atoms with Crippen LogP contribution in [0.25, 0.3) is 0 Å². The molecule has 2 aromatic carbocycles. The van der Waals surface area contributed by atoms with Crippen molar-refractivity contribution in [3.63, 3.8) is 0 Å². The summed E-state index contributed by atoms with van der Waals surface area (Å²) >= 11 is 0. The topological polar surface area (TPSA) is 78.8 Å². The summed E-state index contributed by atoms with van der Waals surface area (Å²) in [7, 11) is 0. The van der Waals surface area contributed by atoms with Gasteiger partial charge in [0.15, 0.2) is 5.60 Å². The molecule has 0 heterocycles. The molecule has 30 heavy (non-hydrogen) atoms. The number of rotatable bonds is 10. The second-order valence-electron chi connectivity index (χ2n) is 7.11. The van der Waals surface area contributed by atoms with Gasteiger partial charge in [0.25, 0.3) is 5.91 Å². The highest BCUT2D eigenvalue weighted by Crippen LogP contribution is 2.29. The van der Waals surface area contributed by atoms with Crippen LogP contribution in [0.2, 0.25) is 0 Å². The van der Waals surface area contributed by atoms with E-state index in [0.717, 1.165) is 24.3 Å². The second kappa shape index (κ2) is 10.1. The lowest BCUT2D eigenvalue weighted by atomic mass is 9.89. The zero-order chi connectivity index (χ0) is 32.4. The van der Waals surface area contributed by atoms with Crippen molar-refractivity contribution in [3.05, 3.63) is 65.7 Å². The minimum absolute atomic E-state index is 0.128. The summed E-state index contributed by atoms with van der Waals surface area (Å²) in [5, 5.41) is 24.6. The summed E-state index contributed by atoms with van der Waals surface area (Å²) < 4.78 is 99.5. The minimum atomic E-state index is -3.65. The van der Waals surface area contributed by atoms with Crippen molar-refractivity contribution < 1.29 is 36.2 Å². The lowest BCUT2D eigenvalue weighted by molar-refractivity contribution is -0.141. The maximum absolute atomic E-state index is 13.5. The highest BCUT2D eigenvalue weighted by molar-refractivity contribution is 5.86. The molecule has 164 valence electrons. The molecule has 0 aromatic heterocycles. The summed E-state index contributed by atoms with van der Waals surface area (Å²) in [6.07, 6.45) is 0.960. The molecule has 3 atom stereocenters. The van der Waals surface area contributed by atoms with Gasteiger partial charge in [0.2, 0.25) is 0 Å². The van der Waals surface area contributed by atoms with E-state index in [1.54, 1.807) is 0 Å². The van der Waals surface area contributed by atoms with Crippen molar-refractivity contribution in [3.8, 4) is 5.75 Å². The second-order valence-corrected chi connectivity index (χ2v) is 7.11. The van der Waals surface area contributed by atoms with E-state index in [-0.39, 0.29) is 23.5 Å². The lowest BCUT2D eigenvalue weighted by Gasteiger charge is -2.33. The molecule has 2 rings (SSSR count). The van der Waals surface area contributed by atoms with E-state index < -0.39 is 56.5 Å². The van der Waals surface area contributed by atoms with Gasteiger partial charge < -0.3 is 20.3 Å². The molecule has 0 aliphatic heterocycles. The van der Waals surface area contributed by atoms with E-state index in [1.165, 1.54) is 30.3 Å². The molecule has 1 amide bonds. The molecule has 0 unspecified atom stereocenters. The summed E-state index contributed by atoms with van der Waals surface area (Å²) in [6, 6.07) is 9.02. The normalized spacial score (nSPS) is 23.3. The van der Waals surface area contributed by atoms with Crippen LogP contribution in [-0.2, 0) is 10.4 Å². The molecule has 0 bridgehead atoms. The van der Waals surface area contributed by atoms with Crippen LogP contribution in [0.1, 0.15) is 80.8 Å². The number of carbonyl (C=O) groups is 1. The van der Waals surface area contributed by atoms with Gasteiger partial charge in [-0.3, -0.25) is 4.79 Å². The predicted molar refractivity (Wildman–Crippen MR) is 119 cm³/mol. The molecule has 2 aromatic rings. The van der Waals surface area contributed by atoms with Crippen LogP contribution >= 0.6 is 0 Å². The maximum Gasteiger partial charge on any atom is 0.256 e. The Morgan fingerprint density at radius 1 is 1.10 bits per heavy atom. The first-order valence-corrected chi connectivity index (χ1v) is 9.55. The van der Waals surface area contributed by atoms with E-state index in [4.69, 9.17) is 21.2 Å². The van der Waals surface area contributed by atoms with Gasteiger partial charge in [-0.2, -0.15) is 0 Å². The standard InChI is InChI=1S/C25H35NO4/c1-6-10-18(2)17-30-21-15-13-19(14-16-21)22(24(3,4)28)26-23(27)25(5,29)20-11-8-7-9-12-20/h7-9,11-16,18,22,28-29H,6,10,17H2,1-5H3,(H,26,27)/t18-,22+,25+/m0/s1/i2D3,3D3,4D3,5D3. The molecule has 0 aliphatic rings. The van der Waals surface area contributed by atoms with Gasteiger partial charge >= 0.3 is 0 Å². The summed E-state index contributed by atoms with van der Waals surface area (Å²) in [6.45, 7) is -11.3. The molecule has 0 saturated carbocycles. The Balaban J connectivity index is 2.61. The number of aliphatic hydroxyl groups is 2. The van der Waals surface area contributed by atoms with E-state index in [2.05, 4.69) is 0 Å². The largest absolute Gasteiger partial charge is 0.493 e. The molecular weight excluding hydrogens is 378 g/mol. The highest BCUT2D eigenvalue weighted by Gasteiger charge is 2.37. The average Bonchev–Trinajstić information content (AvgIpc) is 2.86. The van der Waals surface area contributed by atoms with Gasteiger partial charge in [-0.1, -0.05) is 62.7 Å². The van der Waals surface area contributed by atoms with Gasteiger partial charge in [-0.05, 0) is 56.2 Å². The minimum Gasteiger partial charge on any atom is -0.493 e. The van der Waals surface area contributed by atoms with Gasteiger partial charge in [0.05, 0.1) is 18.2 Å². The van der Waals surface area contributed by atoms with Crippen molar-refractivity contribution in [2.45, 2.75) is 64.4 Å². The van der Waals surface area contributed by atoms with Crippen molar-refractivity contribution >= 4 is 5.91 Å². The third-order valence-electron chi connectivity index (χ3n) is 4.52. The molecular formula is C25H35NO4. The molecule has 3 N–H and O–H groups in total. The van der Waals surface area contributed by atoms with Crippen molar-refractivity contribution in [2.24, 2.45) is 5.92 Å². The van der Waals surface area contributed by atoms with E-state index in [9.17, 15) is 15.0 Å². The number of amides is 1. The summed E-state index contributed by atoms with van der Waals surface area (Å²) in [4.78, 5) is 13.5. The van der Waals surface area contributed by atoms with E-state index >= 15 is 0 Å². The molecule has 0 radical (unpaired) electrons. The van der Waals surface area contributed by atoms with Crippen LogP contribution in [0.5, 0.6) is 5.75 Å². The highest BCUT2D eigenvalue weighted by atomic mass is 16.5.